The van der Waals surface area contributed by atoms with Gasteiger partial charge in [0.05, 0.1) is 66.1 Å². The van der Waals surface area contributed by atoms with E-state index in [2.05, 4.69) is 186 Å². The Morgan fingerprint density at radius 2 is 0.859 bits per heavy atom. The van der Waals surface area contributed by atoms with Gasteiger partial charge in [0, 0.05) is 89.3 Å². The van der Waals surface area contributed by atoms with Gasteiger partial charge >= 0.3 is 0 Å². The van der Waals surface area contributed by atoms with Gasteiger partial charge in [0.1, 0.15) is 0 Å². The zero-order chi connectivity index (χ0) is 59.9. The van der Waals surface area contributed by atoms with Gasteiger partial charge in [-0.05, 0) is 138 Å². The highest BCUT2D eigenvalue weighted by atomic mass is 35.5. The lowest BCUT2D eigenvalue weighted by Gasteiger charge is -2.33. The van der Waals surface area contributed by atoms with Crippen LogP contribution in [0.3, 0.4) is 0 Å². The highest BCUT2D eigenvalue weighted by Gasteiger charge is 2.29. The van der Waals surface area contributed by atoms with Crippen molar-refractivity contribution in [1.82, 2.24) is 9.80 Å². The van der Waals surface area contributed by atoms with Crippen molar-refractivity contribution in [2.45, 2.75) is 50.6 Å². The van der Waals surface area contributed by atoms with Crippen molar-refractivity contribution >= 4 is 70.2 Å². The molecule has 2 unspecified atom stereocenters. The Labute approximate surface area is 525 Å². The van der Waals surface area contributed by atoms with Crippen molar-refractivity contribution in [3.05, 3.63) is 239 Å². The van der Waals surface area contributed by atoms with Crippen LogP contribution in [0.15, 0.2) is 169 Å². The van der Waals surface area contributed by atoms with E-state index in [1.165, 1.54) is 60.4 Å². The van der Waals surface area contributed by atoms with E-state index >= 15 is 0 Å². The maximum atomic E-state index is 8.17. The van der Waals surface area contributed by atoms with E-state index in [1.807, 2.05) is 12.1 Å². The van der Waals surface area contributed by atoms with Crippen molar-refractivity contribution in [1.29, 1.82) is 0 Å². The molecule has 17 heteroatoms. The number of fused-ring (bicyclic) bond motifs is 2. The Hall–Kier alpha value is -4.92. The average Bonchev–Trinajstić information content (AvgIpc) is 3.67. The number of halogens is 4. The Kier molecular flexibility index (Phi) is 30.5. The smallest absolute Gasteiger partial charge is 0.0701 e. The molecule has 0 aromatic heterocycles. The van der Waals surface area contributed by atoms with Crippen LogP contribution in [0.4, 0.5) is 0 Å². The number of rotatable bonds is 30. The molecule has 452 valence electrons. The average molecular weight is 1250 g/mol. The van der Waals surface area contributed by atoms with Crippen LogP contribution in [-0.4, -0.2) is 129 Å². The van der Waals surface area contributed by atoms with Crippen LogP contribution in [0.5, 0.6) is 0 Å². The normalized spacial score (nSPS) is 14.8. The number of ether oxygens (including phenoxy) is 6. The summed E-state index contributed by atoms with van der Waals surface area (Å²) in [5, 5.41) is 10.5. The van der Waals surface area contributed by atoms with Gasteiger partial charge in [0.2, 0.25) is 0 Å². The molecular formula is C68H81Cl4N6O6P. The van der Waals surface area contributed by atoms with Gasteiger partial charge in [0.25, 0.3) is 0 Å². The zero-order valence-electron chi connectivity index (χ0n) is 49.0. The molecule has 2 heterocycles. The summed E-state index contributed by atoms with van der Waals surface area (Å²) in [5.41, 5.74) is 23.6. The minimum atomic E-state index is -0.446. The van der Waals surface area contributed by atoms with Gasteiger partial charge in [-0.1, -0.05) is 191 Å². The molecule has 0 radical (unpaired) electrons. The third-order valence-corrected chi connectivity index (χ3v) is 17.9. The summed E-state index contributed by atoms with van der Waals surface area (Å²) < 4.78 is 32.9. The maximum absolute atomic E-state index is 8.17. The number of nitrogens with two attached hydrogens (primary N) is 1. The second kappa shape index (κ2) is 38.4. The third kappa shape index (κ3) is 23.0. The highest BCUT2D eigenvalue weighted by molar-refractivity contribution is 7.79. The largest absolute Gasteiger partial charge is 0.379 e. The molecule has 2 aliphatic heterocycles. The Bertz CT molecular complexity index is 3000. The minimum Gasteiger partial charge on any atom is -0.379 e. The summed E-state index contributed by atoms with van der Waals surface area (Å²) >= 11 is 25.7. The van der Waals surface area contributed by atoms with Gasteiger partial charge in [-0.25, -0.2) is 0 Å². The number of hydrogen-bond donors (Lipinski definition) is 1. The topological polar surface area (TPSA) is 137 Å². The summed E-state index contributed by atoms with van der Waals surface area (Å²) in [4.78, 5) is 7.30. The standard InChI is InChI=1S/C25H32Cl2N4O3.C25H34Cl2N2O3.C18H15P/c1-31-17-23(22-15-21(26)16-25(27)24(22)18-31)20-6-2-4-19(14-20)5-3-8-32-10-12-34-13-11-33-9-7-29-30-28;1-29-17-23(22-15-21(26)16-25(27)24(22)18-29)20-6-2-4-19(14-20)5-3-8-30-10-12-32-13-11-31-9-7-28;1-4-10-16(11-5-1)19(17-12-6-2-7-13-17)18-14-8-3-9-15-18/h2,4,6,14-16,23H,3,5,7-13,17-18H2,1H3;2,4,6,14-16,23H,3,5,7-13,17-18,28H2,1H3;1-15H. The monoisotopic (exact) mass is 1250 g/mol. The summed E-state index contributed by atoms with van der Waals surface area (Å²) in [5.74, 6) is 0.517. The highest BCUT2D eigenvalue weighted by Crippen LogP contribution is 2.40. The van der Waals surface area contributed by atoms with Gasteiger partial charge in [0.15, 0.2) is 0 Å². The SMILES string of the molecule is CN1Cc2c(Cl)cc(Cl)cc2C(c2cccc(CCCOCCOCCOCCN)c2)C1.CN1Cc2c(Cl)cc(Cl)cc2C(c2cccc(CCCOCCOCCOCCN=[N+]=[N-])c2)C1.c1ccc(P(c2ccccc2)c2ccccc2)cc1. The van der Waals surface area contributed by atoms with Gasteiger partial charge in [-0.15, -0.1) is 0 Å². The number of benzene rings is 7. The van der Waals surface area contributed by atoms with E-state index in [0.717, 1.165) is 68.5 Å². The molecule has 0 fully saturated rings. The number of hydrogen-bond acceptors (Lipinski definition) is 10. The fourth-order valence-corrected chi connectivity index (χ4v) is 13.9. The van der Waals surface area contributed by atoms with Crippen LogP contribution >= 0.6 is 54.3 Å². The van der Waals surface area contributed by atoms with E-state index in [0.29, 0.717) is 95.8 Å². The van der Waals surface area contributed by atoms with Crippen LogP contribution < -0.4 is 21.6 Å². The maximum Gasteiger partial charge on any atom is 0.0701 e. The number of azide groups is 1. The van der Waals surface area contributed by atoms with E-state index < -0.39 is 7.92 Å². The van der Waals surface area contributed by atoms with Crippen LogP contribution in [0.1, 0.15) is 69.2 Å². The lowest BCUT2D eigenvalue weighted by Crippen LogP contribution is -2.31. The molecule has 0 bridgehead atoms. The summed E-state index contributed by atoms with van der Waals surface area (Å²) in [6.07, 6.45) is 3.86. The molecule has 2 aliphatic rings. The van der Waals surface area contributed by atoms with Crippen molar-refractivity contribution in [2.24, 2.45) is 10.8 Å². The first kappa shape index (κ1) is 67.6. The molecule has 0 amide bonds. The van der Waals surface area contributed by atoms with E-state index in [-0.39, 0.29) is 11.8 Å². The number of nitrogens with zero attached hydrogens (tertiary/aromatic N) is 5. The second-order valence-corrected chi connectivity index (χ2v) is 24.8. The quantitative estimate of drug-likeness (QED) is 0.0153. The van der Waals surface area contributed by atoms with E-state index in [4.69, 9.17) is 86.1 Å². The fraction of sp³-hybridized carbons (Fsp3) is 0.382. The van der Waals surface area contributed by atoms with E-state index in [9.17, 15) is 0 Å². The zero-order valence-corrected chi connectivity index (χ0v) is 52.9. The van der Waals surface area contributed by atoms with Crippen LogP contribution in [0.25, 0.3) is 10.4 Å². The molecule has 85 heavy (non-hydrogen) atoms. The molecule has 7 aromatic carbocycles. The summed E-state index contributed by atoms with van der Waals surface area (Å²) in [6.45, 7) is 11.3. The van der Waals surface area contributed by atoms with Crippen LogP contribution in [0.2, 0.25) is 20.1 Å². The van der Waals surface area contributed by atoms with E-state index in [1.54, 1.807) is 0 Å². The lowest BCUT2D eigenvalue weighted by molar-refractivity contribution is 0.0156. The first-order valence-electron chi connectivity index (χ1n) is 29.2. The molecule has 0 saturated heterocycles. The minimum absolute atomic E-state index is 0.251. The fourth-order valence-electron chi connectivity index (χ4n) is 10.4. The first-order valence-corrected chi connectivity index (χ1v) is 32.1. The summed E-state index contributed by atoms with van der Waals surface area (Å²) in [6, 6.07) is 57.8. The molecule has 2 atom stereocenters. The first-order chi connectivity index (χ1) is 41.6. The van der Waals surface area contributed by atoms with Crippen molar-refractivity contribution in [2.75, 3.05) is 120 Å². The van der Waals surface area contributed by atoms with Gasteiger partial charge in [-0.3, -0.25) is 0 Å². The Balaban J connectivity index is 0.000000189. The molecule has 12 nitrogen and oxygen atoms in total. The molecule has 0 spiro atoms. The second-order valence-electron chi connectivity index (χ2n) is 20.9. The van der Waals surface area contributed by atoms with Gasteiger partial charge in [-0.2, -0.15) is 0 Å². The molecule has 0 saturated carbocycles. The Morgan fingerprint density at radius 3 is 1.25 bits per heavy atom. The van der Waals surface area contributed by atoms with Crippen molar-refractivity contribution in [3.8, 4) is 0 Å². The number of likely N-dealkylation sites (N-methyl/N-ethyl adjacent to an activating group) is 2. The molecule has 7 aromatic rings. The molecular weight excluding hydrogens is 1170 g/mol. The van der Waals surface area contributed by atoms with Crippen molar-refractivity contribution in [3.63, 3.8) is 0 Å². The predicted octanol–water partition coefficient (Wildman–Crippen LogP) is 13.8. The van der Waals surface area contributed by atoms with Gasteiger partial charge < -0.3 is 44.0 Å². The van der Waals surface area contributed by atoms with Crippen LogP contribution in [0, 0.1) is 0 Å². The lowest BCUT2D eigenvalue weighted by atomic mass is 9.84. The molecule has 2 N–H and O–H groups in total. The van der Waals surface area contributed by atoms with Crippen molar-refractivity contribution < 1.29 is 28.4 Å². The summed E-state index contributed by atoms with van der Waals surface area (Å²) in [7, 11) is 3.82. The van der Waals surface area contributed by atoms with Crippen LogP contribution in [-0.2, 0) is 54.4 Å². The third-order valence-electron chi connectivity index (χ3n) is 14.4. The molecule has 9 rings (SSSR count). The Morgan fingerprint density at radius 1 is 0.482 bits per heavy atom. The number of aryl methyl sites for hydroxylation is 2. The predicted molar refractivity (Wildman–Crippen MR) is 352 cm³/mol. The molecule has 0 aliphatic carbocycles.